The topological polar surface area (TPSA) is 88.1 Å². The molecule has 0 aliphatic carbocycles. The molecule has 1 aromatic rings. The minimum Gasteiger partial charge on any atom is -0.491 e. The highest BCUT2D eigenvalue weighted by Crippen LogP contribution is 2.52. The van der Waals surface area contributed by atoms with Crippen LogP contribution >= 0.6 is 20.7 Å². The summed E-state index contributed by atoms with van der Waals surface area (Å²) in [5.41, 5.74) is -5.19. The van der Waals surface area contributed by atoms with E-state index in [0.717, 1.165) is 6.08 Å². The van der Waals surface area contributed by atoms with Crippen LogP contribution in [0.15, 0.2) is 81.9 Å². The number of alkyl halides is 6. The van der Waals surface area contributed by atoms with Gasteiger partial charge in [-0.15, -0.1) is 0 Å². The van der Waals surface area contributed by atoms with Crippen molar-refractivity contribution in [3.05, 3.63) is 87.5 Å². The molecule has 0 aromatic heterocycles. The summed E-state index contributed by atoms with van der Waals surface area (Å²) >= 11 is -2.06. The Morgan fingerprint density at radius 1 is 1.13 bits per heavy atom. The summed E-state index contributed by atoms with van der Waals surface area (Å²) in [6.07, 6.45) is -4.35. The van der Waals surface area contributed by atoms with Gasteiger partial charge in [-0.25, -0.2) is 4.79 Å². The maximum Gasteiger partial charge on any atom is 0.431 e. The fourth-order valence-corrected chi connectivity index (χ4v) is 7.49. The van der Waals surface area contributed by atoms with Gasteiger partial charge in [0.2, 0.25) is 0 Å². The molecular formula is C33H39F6IN2O5. The molecule has 2 rings (SSSR count). The Hall–Kier alpha value is -3.40. The SMILES string of the molecule is C=C/C(=C\C=C(/C)C(C)(C=O)NC(=O)N(C)Cc1cccc(OC2=CC=C(C(O)(C(F)(F)F)C(F)(F)F)I=C2CCC)c1)OC(C)C. The van der Waals surface area contributed by atoms with Gasteiger partial charge in [0.15, 0.2) is 0 Å². The van der Waals surface area contributed by atoms with Gasteiger partial charge >= 0.3 is 18.4 Å². The lowest BCUT2D eigenvalue weighted by molar-refractivity contribution is -0.348. The maximum absolute atomic E-state index is 13.5. The predicted octanol–water partition coefficient (Wildman–Crippen LogP) is 8.19. The van der Waals surface area contributed by atoms with Gasteiger partial charge in [0.25, 0.3) is 5.60 Å². The van der Waals surface area contributed by atoms with E-state index < -0.39 is 53.8 Å². The van der Waals surface area contributed by atoms with Crippen LogP contribution in [0.1, 0.15) is 53.0 Å². The molecule has 0 saturated carbocycles. The minimum atomic E-state index is -5.96. The van der Waals surface area contributed by atoms with E-state index in [9.17, 15) is 41.0 Å². The van der Waals surface area contributed by atoms with E-state index in [2.05, 4.69) is 11.9 Å². The van der Waals surface area contributed by atoms with Crippen LogP contribution in [0.5, 0.6) is 5.75 Å². The van der Waals surface area contributed by atoms with Crippen molar-refractivity contribution in [2.45, 2.75) is 83.6 Å². The molecule has 47 heavy (non-hydrogen) atoms. The zero-order valence-electron chi connectivity index (χ0n) is 26.9. The monoisotopic (exact) mass is 784 g/mol. The molecule has 2 N–H and O–H groups in total. The summed E-state index contributed by atoms with van der Waals surface area (Å²) < 4.78 is 91.6. The number of ether oxygens (including phenoxy) is 2. The highest BCUT2D eigenvalue weighted by atomic mass is 127. The number of hydrogen-bond donors (Lipinski definition) is 2. The zero-order valence-corrected chi connectivity index (χ0v) is 29.0. The van der Waals surface area contributed by atoms with Crippen molar-refractivity contribution < 1.29 is 50.5 Å². The highest BCUT2D eigenvalue weighted by Gasteiger charge is 2.72. The van der Waals surface area contributed by atoms with Crippen molar-refractivity contribution in [3.8, 4) is 5.75 Å². The fraction of sp³-hybridized carbons (Fsp3) is 0.424. The van der Waals surface area contributed by atoms with Gasteiger partial charge < -0.3 is 29.6 Å². The van der Waals surface area contributed by atoms with E-state index in [1.807, 2.05) is 13.8 Å². The third-order valence-electron chi connectivity index (χ3n) is 6.88. The number of nitrogens with zero attached hydrogens (tertiary/aromatic N) is 1. The van der Waals surface area contributed by atoms with Crippen molar-refractivity contribution in [2.24, 2.45) is 0 Å². The molecule has 260 valence electrons. The van der Waals surface area contributed by atoms with E-state index in [1.54, 1.807) is 57.2 Å². The quantitative estimate of drug-likeness (QED) is 0.0654. The smallest absolute Gasteiger partial charge is 0.431 e. The summed E-state index contributed by atoms with van der Waals surface area (Å²) in [5.74, 6) is 0.836. The largest absolute Gasteiger partial charge is 0.491 e. The second kappa shape index (κ2) is 16.1. The lowest BCUT2D eigenvalue weighted by Gasteiger charge is -2.34. The zero-order chi connectivity index (χ0) is 35.8. The molecule has 7 nitrogen and oxygen atoms in total. The average Bonchev–Trinajstić information content (AvgIpc) is 2.98. The van der Waals surface area contributed by atoms with E-state index in [0.29, 0.717) is 35.7 Å². The van der Waals surface area contributed by atoms with Gasteiger partial charge in [-0.2, -0.15) is 26.3 Å². The van der Waals surface area contributed by atoms with Gasteiger partial charge in [0.1, 0.15) is 29.1 Å². The number of carbonyl (C=O) groups is 2. The van der Waals surface area contributed by atoms with Gasteiger partial charge in [-0.1, -0.05) is 58.9 Å². The van der Waals surface area contributed by atoms with Gasteiger partial charge in [0, 0.05) is 20.7 Å². The van der Waals surface area contributed by atoms with Crippen molar-refractivity contribution in [1.29, 1.82) is 0 Å². The average molecular weight is 785 g/mol. The standard InChI is InChI=1S/C33H39F6IN2O5/c1-8-11-26-27(16-17-28(40-26)31(45,32(34,35)36)33(37,38)39)47-25-13-10-12-23(18-25)19-42(7)29(44)41-30(6,20-43)22(5)14-15-24(9-2)46-21(3)4/h9-10,12-18,20-21,45H,2,8,11,19H2,1,3-7H3,(H,41,44)/b22-14+,24-15+. The Kier molecular flexibility index (Phi) is 13.7. The lowest BCUT2D eigenvalue weighted by Crippen LogP contribution is -2.57. The first-order valence-electron chi connectivity index (χ1n) is 14.5. The molecule has 1 heterocycles. The molecule has 1 atom stereocenters. The van der Waals surface area contributed by atoms with Crippen molar-refractivity contribution in [3.63, 3.8) is 0 Å². The second-order valence-corrected chi connectivity index (χ2v) is 14.1. The molecule has 1 aliphatic rings. The van der Waals surface area contributed by atoms with Gasteiger partial charge in [0.05, 0.1) is 6.10 Å². The van der Waals surface area contributed by atoms with Crippen LogP contribution in [0.2, 0.25) is 0 Å². The van der Waals surface area contributed by atoms with Gasteiger partial charge in [-0.3, -0.25) is 0 Å². The number of halogens is 7. The maximum atomic E-state index is 13.5. The predicted molar refractivity (Wildman–Crippen MR) is 177 cm³/mol. The summed E-state index contributed by atoms with van der Waals surface area (Å²) in [6.45, 7) is 12.4. The van der Waals surface area contributed by atoms with Crippen LogP contribution in [0.4, 0.5) is 31.1 Å². The number of rotatable bonds is 14. The van der Waals surface area contributed by atoms with Crippen LogP contribution in [0, 0.1) is 0 Å². The van der Waals surface area contributed by atoms with E-state index in [1.165, 1.54) is 18.0 Å². The number of urea groups is 1. The lowest BCUT2D eigenvalue weighted by atomic mass is 9.94. The third-order valence-corrected chi connectivity index (χ3v) is 10.3. The first-order valence-corrected chi connectivity index (χ1v) is 16.6. The van der Waals surface area contributed by atoms with Crippen LogP contribution in [-0.2, 0) is 16.1 Å². The van der Waals surface area contributed by atoms with Crippen molar-refractivity contribution >= 4 is 36.6 Å². The normalized spacial score (nSPS) is 16.2. The second-order valence-electron chi connectivity index (χ2n) is 11.1. The Morgan fingerprint density at radius 3 is 2.30 bits per heavy atom. The molecule has 14 heteroatoms. The Morgan fingerprint density at radius 2 is 1.77 bits per heavy atom. The molecule has 0 radical (unpaired) electrons. The molecule has 1 aromatic carbocycles. The van der Waals surface area contributed by atoms with Crippen LogP contribution in [0.3, 0.4) is 0 Å². The van der Waals surface area contributed by atoms with Gasteiger partial charge in [-0.05, 0) is 81.7 Å². The first kappa shape index (κ1) is 39.8. The number of nitrogens with one attached hydrogen (secondary N) is 1. The van der Waals surface area contributed by atoms with Crippen LogP contribution in [-0.4, -0.2) is 62.5 Å². The molecule has 2 amide bonds. The Bertz CT molecular complexity index is 1460. The number of benzene rings is 1. The van der Waals surface area contributed by atoms with Crippen molar-refractivity contribution in [1.82, 2.24) is 10.2 Å². The number of aliphatic hydroxyl groups is 1. The van der Waals surface area contributed by atoms with E-state index in [-0.39, 0.29) is 34.1 Å². The minimum absolute atomic E-state index is 0.0647. The number of carbonyl (C=O) groups excluding carboxylic acids is 2. The molecular weight excluding hydrogens is 745 g/mol. The molecule has 0 spiro atoms. The fourth-order valence-electron chi connectivity index (χ4n) is 4.07. The summed E-state index contributed by atoms with van der Waals surface area (Å²) in [4.78, 5) is 26.5. The first-order chi connectivity index (χ1) is 21.7. The molecule has 0 saturated heterocycles. The third kappa shape index (κ3) is 10.0. The van der Waals surface area contributed by atoms with E-state index >= 15 is 0 Å². The molecule has 1 unspecified atom stereocenters. The number of allylic oxidation sites excluding steroid dienone is 6. The molecule has 1 aliphatic heterocycles. The number of aldehydes is 1. The summed E-state index contributed by atoms with van der Waals surface area (Å²) in [5, 5.41) is 12.6. The van der Waals surface area contributed by atoms with Crippen LogP contribution < -0.4 is 10.1 Å². The molecule has 0 bridgehead atoms. The summed E-state index contributed by atoms with van der Waals surface area (Å²) in [6, 6.07) is 5.88. The molecule has 0 fully saturated rings. The van der Waals surface area contributed by atoms with Crippen molar-refractivity contribution in [2.75, 3.05) is 7.05 Å². The summed E-state index contributed by atoms with van der Waals surface area (Å²) in [7, 11) is 1.51. The number of amides is 2. The van der Waals surface area contributed by atoms with E-state index in [4.69, 9.17) is 9.47 Å². The number of hydrogen-bond acceptors (Lipinski definition) is 5. The van der Waals surface area contributed by atoms with Crippen LogP contribution in [0.25, 0.3) is 0 Å². The Labute approximate surface area is 280 Å². The Balaban J connectivity index is 2.26. The highest BCUT2D eigenvalue weighted by molar-refractivity contribution is 14.2.